The summed E-state index contributed by atoms with van der Waals surface area (Å²) in [6, 6.07) is 13.5. The number of carbonyl (C=O) groups is 5. The maximum absolute atomic E-state index is 13.7. The molecule has 2 aromatic carbocycles. The molecule has 3 rings (SSSR count). The monoisotopic (exact) mass is 752 g/mol. The third-order valence-electron chi connectivity index (χ3n) is 8.46. The van der Waals surface area contributed by atoms with Gasteiger partial charge < -0.3 is 39.8 Å². The molecule has 4 amide bonds. The second kappa shape index (κ2) is 20.7. The van der Waals surface area contributed by atoms with Crippen LogP contribution in [-0.2, 0) is 46.4 Å². The lowest BCUT2D eigenvalue weighted by Crippen LogP contribution is -2.53. The first-order valence-electron chi connectivity index (χ1n) is 18.8. The molecule has 0 bridgehead atoms. The molecule has 2 unspecified atom stereocenters. The Morgan fingerprint density at radius 1 is 0.889 bits per heavy atom. The van der Waals surface area contributed by atoms with E-state index in [0.717, 1.165) is 16.7 Å². The topological polar surface area (TPSA) is 162 Å². The van der Waals surface area contributed by atoms with Gasteiger partial charge in [0.2, 0.25) is 17.7 Å². The van der Waals surface area contributed by atoms with Gasteiger partial charge in [-0.3, -0.25) is 19.2 Å². The van der Waals surface area contributed by atoms with Crippen LogP contribution in [-0.4, -0.2) is 90.4 Å². The van der Waals surface area contributed by atoms with Gasteiger partial charge in [-0.25, -0.2) is 4.79 Å². The zero-order valence-corrected chi connectivity index (χ0v) is 33.3. The van der Waals surface area contributed by atoms with Crippen molar-refractivity contribution in [1.29, 1.82) is 0 Å². The van der Waals surface area contributed by atoms with Crippen LogP contribution in [0.5, 0.6) is 5.75 Å². The summed E-state index contributed by atoms with van der Waals surface area (Å²) >= 11 is 0. The van der Waals surface area contributed by atoms with E-state index in [2.05, 4.69) is 16.0 Å². The molecule has 1 aliphatic heterocycles. The quantitative estimate of drug-likeness (QED) is 0.186. The van der Waals surface area contributed by atoms with Crippen molar-refractivity contribution in [1.82, 2.24) is 20.9 Å². The average molecular weight is 753 g/mol. The Labute approximate surface area is 320 Å². The molecular formula is C41H60N4O9. The first-order chi connectivity index (χ1) is 25.4. The highest BCUT2D eigenvalue weighted by molar-refractivity contribution is 5.91. The minimum Gasteiger partial charge on any atom is -0.493 e. The highest BCUT2D eigenvalue weighted by Gasteiger charge is 2.29. The molecule has 0 aliphatic carbocycles. The Kier molecular flexibility index (Phi) is 16.8. The van der Waals surface area contributed by atoms with E-state index in [9.17, 15) is 24.0 Å². The van der Waals surface area contributed by atoms with E-state index in [1.165, 1.54) is 6.92 Å². The number of ether oxygens (including phenoxy) is 4. The summed E-state index contributed by atoms with van der Waals surface area (Å²) in [7, 11) is 0. The number of morpholine rings is 1. The average Bonchev–Trinajstić information content (AvgIpc) is 3.08. The molecule has 0 aromatic heterocycles. The molecule has 0 saturated carbocycles. The van der Waals surface area contributed by atoms with Gasteiger partial charge in [-0.1, -0.05) is 36.4 Å². The van der Waals surface area contributed by atoms with E-state index in [4.69, 9.17) is 18.9 Å². The van der Waals surface area contributed by atoms with E-state index < -0.39 is 35.1 Å². The minimum atomic E-state index is -0.938. The molecule has 298 valence electrons. The fraction of sp³-hybridized carbons (Fsp3) is 0.585. The van der Waals surface area contributed by atoms with Gasteiger partial charge >= 0.3 is 12.1 Å². The van der Waals surface area contributed by atoms with Crippen LogP contribution in [0, 0.1) is 6.92 Å². The van der Waals surface area contributed by atoms with Crippen molar-refractivity contribution in [2.24, 2.45) is 0 Å². The van der Waals surface area contributed by atoms with Crippen LogP contribution < -0.4 is 20.7 Å². The summed E-state index contributed by atoms with van der Waals surface area (Å²) in [5.74, 6) is -1.04. The molecule has 13 heteroatoms. The van der Waals surface area contributed by atoms with Crippen molar-refractivity contribution in [2.45, 2.75) is 130 Å². The second-order valence-corrected chi connectivity index (χ2v) is 15.7. The Morgan fingerprint density at radius 2 is 1.57 bits per heavy atom. The van der Waals surface area contributed by atoms with E-state index in [1.54, 1.807) is 25.7 Å². The highest BCUT2D eigenvalue weighted by atomic mass is 16.6. The standard InChI is InChI=1S/C41H60N4O9/c1-28-17-19-32(51-23-21-33-27-45(22-24-52-33)39(50)54-41(6,7)8)25-31(28)26-42-37(48)35(20-18-30-13-10-9-11-14-30)44-38(49)34(43-29(2)46)15-12-16-36(47)53-40(3,4)5/h9-11,13-14,17,19,25,33-35H,12,15-16,18,20-24,26-27H2,1-8H3,(H,42,48)(H,43,46)(H,44,49)/t33?,34-,35?/m0/s1. The lowest BCUT2D eigenvalue weighted by Gasteiger charge is -2.34. The van der Waals surface area contributed by atoms with Crippen molar-refractivity contribution < 1.29 is 42.9 Å². The largest absolute Gasteiger partial charge is 0.493 e. The molecular weight excluding hydrogens is 692 g/mol. The fourth-order valence-electron chi connectivity index (χ4n) is 5.78. The zero-order valence-electron chi connectivity index (χ0n) is 33.3. The maximum Gasteiger partial charge on any atom is 0.410 e. The van der Waals surface area contributed by atoms with Gasteiger partial charge in [-0.05, 0) is 103 Å². The number of benzene rings is 2. The SMILES string of the molecule is CC(=O)N[C@@H](CCCC(=O)OC(C)(C)C)C(=O)NC(CCc1ccccc1)C(=O)NCc1cc(OCCC2CN(C(=O)OC(C)(C)C)CCO2)ccc1C. The molecule has 1 saturated heterocycles. The number of nitrogens with one attached hydrogen (secondary N) is 3. The Hall–Kier alpha value is -4.65. The van der Waals surface area contributed by atoms with Gasteiger partial charge in [0.15, 0.2) is 0 Å². The number of carbonyl (C=O) groups excluding carboxylic acids is 5. The summed E-state index contributed by atoms with van der Waals surface area (Å²) < 4.78 is 22.8. The predicted octanol–water partition coefficient (Wildman–Crippen LogP) is 5.15. The van der Waals surface area contributed by atoms with E-state index in [1.807, 2.05) is 76.2 Å². The van der Waals surface area contributed by atoms with Gasteiger partial charge in [-0.2, -0.15) is 0 Å². The molecule has 13 nitrogen and oxygen atoms in total. The molecule has 1 aliphatic rings. The molecule has 0 radical (unpaired) electrons. The Morgan fingerprint density at radius 3 is 2.24 bits per heavy atom. The number of nitrogens with zero attached hydrogens (tertiary/aromatic N) is 1. The van der Waals surface area contributed by atoms with Crippen LogP contribution >= 0.6 is 0 Å². The normalized spacial score (nSPS) is 15.7. The first kappa shape index (κ1) is 43.8. The molecule has 1 fully saturated rings. The molecule has 0 spiro atoms. The molecule has 3 N–H and O–H groups in total. The highest BCUT2D eigenvalue weighted by Crippen LogP contribution is 2.20. The van der Waals surface area contributed by atoms with Gasteiger partial charge in [0.25, 0.3) is 0 Å². The summed E-state index contributed by atoms with van der Waals surface area (Å²) in [5, 5.41) is 8.51. The van der Waals surface area contributed by atoms with E-state index >= 15 is 0 Å². The maximum atomic E-state index is 13.7. The molecule has 3 atom stereocenters. The van der Waals surface area contributed by atoms with Gasteiger partial charge in [-0.15, -0.1) is 0 Å². The molecule has 54 heavy (non-hydrogen) atoms. The molecule has 1 heterocycles. The summed E-state index contributed by atoms with van der Waals surface area (Å²) in [6.45, 7) is 16.0. The predicted molar refractivity (Wildman–Crippen MR) is 205 cm³/mol. The number of hydrogen-bond acceptors (Lipinski definition) is 9. The number of hydrogen-bond donors (Lipinski definition) is 3. The van der Waals surface area contributed by atoms with Crippen LogP contribution in [0.3, 0.4) is 0 Å². The van der Waals surface area contributed by atoms with Crippen molar-refractivity contribution in [3.8, 4) is 5.75 Å². The van der Waals surface area contributed by atoms with Gasteiger partial charge in [0, 0.05) is 32.9 Å². The first-order valence-corrected chi connectivity index (χ1v) is 18.8. The third kappa shape index (κ3) is 16.6. The Bertz CT molecular complexity index is 1550. The van der Waals surface area contributed by atoms with E-state index in [-0.39, 0.29) is 43.5 Å². The number of aryl methyl sites for hydroxylation is 2. The second-order valence-electron chi connectivity index (χ2n) is 15.7. The number of esters is 1. The summed E-state index contributed by atoms with van der Waals surface area (Å²) in [6.07, 6.45) is 1.47. The number of rotatable bonds is 17. The number of amides is 4. The third-order valence-corrected chi connectivity index (χ3v) is 8.46. The van der Waals surface area contributed by atoms with Gasteiger partial charge in [0.1, 0.15) is 29.0 Å². The lowest BCUT2D eigenvalue weighted by atomic mass is 10.0. The summed E-state index contributed by atoms with van der Waals surface area (Å²) in [5.41, 5.74) is 1.60. The van der Waals surface area contributed by atoms with Crippen LogP contribution in [0.15, 0.2) is 48.5 Å². The van der Waals surface area contributed by atoms with Gasteiger partial charge in [0.05, 0.1) is 25.9 Å². The van der Waals surface area contributed by atoms with Crippen LogP contribution in [0.2, 0.25) is 0 Å². The zero-order chi connectivity index (χ0) is 39.9. The van der Waals surface area contributed by atoms with Crippen molar-refractivity contribution in [3.63, 3.8) is 0 Å². The fourth-order valence-corrected chi connectivity index (χ4v) is 5.78. The van der Waals surface area contributed by atoms with Crippen molar-refractivity contribution >= 4 is 29.8 Å². The minimum absolute atomic E-state index is 0.0851. The lowest BCUT2D eigenvalue weighted by molar-refractivity contribution is -0.155. The van der Waals surface area contributed by atoms with Crippen LogP contribution in [0.1, 0.15) is 97.3 Å². The Balaban J connectivity index is 1.61. The van der Waals surface area contributed by atoms with Crippen LogP contribution in [0.4, 0.5) is 4.79 Å². The smallest absolute Gasteiger partial charge is 0.410 e. The van der Waals surface area contributed by atoms with E-state index in [0.29, 0.717) is 57.7 Å². The molecule has 2 aromatic rings. The summed E-state index contributed by atoms with van der Waals surface area (Å²) in [4.78, 5) is 65.7. The van der Waals surface area contributed by atoms with Crippen molar-refractivity contribution in [3.05, 3.63) is 65.2 Å². The van der Waals surface area contributed by atoms with Crippen LogP contribution in [0.25, 0.3) is 0 Å². The van der Waals surface area contributed by atoms with Crippen molar-refractivity contribution in [2.75, 3.05) is 26.3 Å².